The molecule has 0 aliphatic heterocycles. The first-order chi connectivity index (χ1) is 8.72. The number of carbonyl (C=O) groups excluding carboxylic acids is 1. The molecule has 0 spiro atoms. The monoisotopic (exact) mass is 308 g/mol. The van der Waals surface area contributed by atoms with Crippen LogP contribution in [-0.2, 0) is 0 Å². The molecular weight excluding hydrogens is 292 g/mol. The van der Waals surface area contributed by atoms with E-state index in [0.717, 1.165) is 17.3 Å². The van der Waals surface area contributed by atoms with Gasteiger partial charge in [-0.25, -0.2) is 4.98 Å². The van der Waals surface area contributed by atoms with Crippen molar-refractivity contribution in [3.63, 3.8) is 0 Å². The minimum absolute atomic E-state index is 0.00861. The zero-order valence-electron chi connectivity index (χ0n) is 10.3. The average molecular weight is 309 g/mol. The molecule has 1 aliphatic carbocycles. The van der Waals surface area contributed by atoms with E-state index in [1.54, 1.807) is 18.3 Å². The highest BCUT2D eigenvalue weighted by Crippen LogP contribution is 2.24. The molecule has 1 aliphatic rings. The zero-order valence-corrected chi connectivity index (χ0v) is 11.9. The maximum atomic E-state index is 12.4. The molecule has 1 fully saturated rings. The predicted octanol–water partition coefficient (Wildman–Crippen LogP) is 3.41. The lowest BCUT2D eigenvalue weighted by Crippen LogP contribution is -2.39. The van der Waals surface area contributed by atoms with Crippen LogP contribution in [0.15, 0.2) is 35.5 Å². The molecule has 2 rings (SSSR count). The zero-order chi connectivity index (χ0) is 13.0. The van der Waals surface area contributed by atoms with Gasteiger partial charge in [-0.05, 0) is 40.9 Å². The van der Waals surface area contributed by atoms with E-state index >= 15 is 0 Å². The molecule has 1 aromatic heterocycles. The Morgan fingerprint density at radius 3 is 2.78 bits per heavy atom. The third-order valence-electron chi connectivity index (χ3n) is 3.30. The molecule has 18 heavy (non-hydrogen) atoms. The Bertz CT molecular complexity index is 424. The molecule has 0 bridgehead atoms. The van der Waals surface area contributed by atoms with Crippen molar-refractivity contribution in [2.45, 2.75) is 31.7 Å². The van der Waals surface area contributed by atoms with E-state index in [4.69, 9.17) is 0 Å². The van der Waals surface area contributed by atoms with E-state index in [9.17, 15) is 4.79 Å². The van der Waals surface area contributed by atoms with Gasteiger partial charge in [0.2, 0.25) is 0 Å². The molecule has 1 amide bonds. The van der Waals surface area contributed by atoms with Crippen molar-refractivity contribution >= 4 is 21.8 Å². The van der Waals surface area contributed by atoms with Crippen molar-refractivity contribution in [1.82, 2.24) is 9.88 Å². The molecule has 0 saturated heterocycles. The van der Waals surface area contributed by atoms with Gasteiger partial charge in [-0.2, -0.15) is 0 Å². The normalized spacial score (nSPS) is 15.6. The molecule has 0 unspecified atom stereocenters. The first-order valence-corrected chi connectivity index (χ1v) is 7.05. The lowest BCUT2D eigenvalue weighted by molar-refractivity contribution is 0.0700. The summed E-state index contributed by atoms with van der Waals surface area (Å²) < 4.78 is 0.884. The smallest absolute Gasteiger partial charge is 0.272 e. The van der Waals surface area contributed by atoms with Crippen LogP contribution in [0.4, 0.5) is 0 Å². The summed E-state index contributed by atoms with van der Waals surface area (Å²) in [6.07, 6.45) is 8.05. The number of hydrogen-bond acceptors (Lipinski definition) is 2. The van der Waals surface area contributed by atoms with Gasteiger partial charge in [0.05, 0.1) is 0 Å². The molecule has 1 aromatic rings. The van der Waals surface area contributed by atoms with Crippen molar-refractivity contribution in [2.75, 3.05) is 6.54 Å². The van der Waals surface area contributed by atoms with E-state index in [2.05, 4.69) is 27.5 Å². The lowest BCUT2D eigenvalue weighted by Gasteiger charge is -2.27. The minimum atomic E-state index is 0.00861. The van der Waals surface area contributed by atoms with Crippen molar-refractivity contribution in [3.05, 3.63) is 41.2 Å². The summed E-state index contributed by atoms with van der Waals surface area (Å²) >= 11 is 3.33. The third kappa shape index (κ3) is 2.99. The lowest BCUT2D eigenvalue weighted by atomic mass is 10.2. The summed E-state index contributed by atoms with van der Waals surface area (Å²) in [6.45, 7) is 4.34. The number of rotatable bonds is 4. The van der Waals surface area contributed by atoms with Gasteiger partial charge >= 0.3 is 0 Å². The second-order valence-corrected chi connectivity index (χ2v) is 5.46. The highest BCUT2D eigenvalue weighted by Gasteiger charge is 2.26. The number of halogens is 1. The standard InChI is InChI=1S/C14H17BrN2O/c1-2-9-17(12-5-3-4-6-12)14(18)13-8-7-11(15)10-16-13/h2,7-8,10,12H,1,3-6,9H2. The van der Waals surface area contributed by atoms with Crippen LogP contribution >= 0.6 is 15.9 Å². The van der Waals surface area contributed by atoms with Crippen LogP contribution in [0.25, 0.3) is 0 Å². The molecule has 1 saturated carbocycles. The van der Waals surface area contributed by atoms with Crippen LogP contribution in [-0.4, -0.2) is 28.4 Å². The Morgan fingerprint density at radius 1 is 1.50 bits per heavy atom. The highest BCUT2D eigenvalue weighted by atomic mass is 79.9. The Morgan fingerprint density at radius 2 is 2.22 bits per heavy atom. The molecule has 0 radical (unpaired) electrons. The second-order valence-electron chi connectivity index (χ2n) is 4.55. The molecular formula is C14H17BrN2O. The molecule has 0 N–H and O–H groups in total. The number of pyridine rings is 1. The molecule has 96 valence electrons. The number of nitrogens with zero attached hydrogens (tertiary/aromatic N) is 2. The summed E-state index contributed by atoms with van der Waals surface area (Å²) in [7, 11) is 0. The van der Waals surface area contributed by atoms with Crippen molar-refractivity contribution < 1.29 is 4.79 Å². The first kappa shape index (κ1) is 13.3. The van der Waals surface area contributed by atoms with E-state index in [1.165, 1.54) is 12.8 Å². The molecule has 3 nitrogen and oxygen atoms in total. The highest BCUT2D eigenvalue weighted by molar-refractivity contribution is 9.10. The largest absolute Gasteiger partial charge is 0.331 e. The fourth-order valence-electron chi connectivity index (χ4n) is 2.40. The summed E-state index contributed by atoms with van der Waals surface area (Å²) in [5.41, 5.74) is 0.506. The predicted molar refractivity (Wildman–Crippen MR) is 75.4 cm³/mol. The van der Waals surface area contributed by atoms with Crippen LogP contribution in [0.3, 0.4) is 0 Å². The summed E-state index contributed by atoms with van der Waals surface area (Å²) in [5.74, 6) is 0.00861. The van der Waals surface area contributed by atoms with Crippen LogP contribution in [0, 0.1) is 0 Å². The quantitative estimate of drug-likeness (QED) is 0.799. The van der Waals surface area contributed by atoms with E-state index in [0.29, 0.717) is 18.3 Å². The topological polar surface area (TPSA) is 33.2 Å². The fourth-order valence-corrected chi connectivity index (χ4v) is 2.64. The second kappa shape index (κ2) is 6.14. The van der Waals surface area contributed by atoms with Crippen LogP contribution in [0.1, 0.15) is 36.2 Å². The third-order valence-corrected chi connectivity index (χ3v) is 3.77. The van der Waals surface area contributed by atoms with Crippen LogP contribution in [0.5, 0.6) is 0 Å². The van der Waals surface area contributed by atoms with Crippen LogP contribution in [0.2, 0.25) is 0 Å². The molecule has 0 aromatic carbocycles. The van der Waals surface area contributed by atoms with Gasteiger partial charge in [0.15, 0.2) is 0 Å². The summed E-state index contributed by atoms with van der Waals surface area (Å²) in [4.78, 5) is 18.5. The Hall–Kier alpha value is -1.16. The van der Waals surface area contributed by atoms with Gasteiger partial charge in [0.25, 0.3) is 5.91 Å². The minimum Gasteiger partial charge on any atom is -0.331 e. The number of aromatic nitrogens is 1. The van der Waals surface area contributed by atoms with Crippen molar-refractivity contribution in [2.24, 2.45) is 0 Å². The Kier molecular flexibility index (Phi) is 4.53. The number of carbonyl (C=O) groups is 1. The van der Waals surface area contributed by atoms with Crippen LogP contribution < -0.4 is 0 Å². The maximum Gasteiger partial charge on any atom is 0.272 e. The fraction of sp³-hybridized carbons (Fsp3) is 0.429. The molecule has 1 heterocycles. The van der Waals surface area contributed by atoms with Gasteiger partial charge in [-0.3, -0.25) is 4.79 Å². The Balaban J connectivity index is 2.16. The SMILES string of the molecule is C=CCN(C(=O)c1ccc(Br)cn1)C1CCCC1. The summed E-state index contributed by atoms with van der Waals surface area (Å²) in [6, 6.07) is 3.96. The van der Waals surface area contributed by atoms with Crippen molar-refractivity contribution in [1.29, 1.82) is 0 Å². The van der Waals surface area contributed by atoms with E-state index in [-0.39, 0.29) is 5.91 Å². The van der Waals surface area contributed by atoms with Gasteiger partial charge in [-0.1, -0.05) is 18.9 Å². The van der Waals surface area contributed by atoms with E-state index in [1.807, 2.05) is 11.0 Å². The summed E-state index contributed by atoms with van der Waals surface area (Å²) in [5, 5.41) is 0. The van der Waals surface area contributed by atoms with Gasteiger partial charge in [-0.15, -0.1) is 6.58 Å². The number of hydrogen-bond donors (Lipinski definition) is 0. The maximum absolute atomic E-state index is 12.4. The van der Waals surface area contributed by atoms with E-state index < -0.39 is 0 Å². The first-order valence-electron chi connectivity index (χ1n) is 6.26. The van der Waals surface area contributed by atoms with Gasteiger partial charge in [0, 0.05) is 23.3 Å². The number of amides is 1. The molecule has 0 atom stereocenters. The van der Waals surface area contributed by atoms with Gasteiger partial charge < -0.3 is 4.90 Å². The average Bonchev–Trinajstić information content (AvgIpc) is 2.90. The Labute approximate surface area is 116 Å². The van der Waals surface area contributed by atoms with Crippen molar-refractivity contribution in [3.8, 4) is 0 Å². The molecule has 4 heteroatoms. The van der Waals surface area contributed by atoms with Gasteiger partial charge in [0.1, 0.15) is 5.69 Å².